The Labute approximate surface area is 179 Å². The van der Waals surface area contributed by atoms with Gasteiger partial charge in [0.05, 0.1) is 11.7 Å². The van der Waals surface area contributed by atoms with Gasteiger partial charge in [-0.2, -0.15) is 0 Å². The topological polar surface area (TPSA) is 60.9 Å². The van der Waals surface area contributed by atoms with Gasteiger partial charge in [-0.1, -0.05) is 18.2 Å². The zero-order valence-electron chi connectivity index (χ0n) is 16.5. The first-order valence-corrected chi connectivity index (χ1v) is 11.0. The highest BCUT2D eigenvalue weighted by Crippen LogP contribution is 2.38. The second kappa shape index (κ2) is 8.36. The number of likely N-dealkylation sites (tertiary alicyclic amines) is 1. The van der Waals surface area contributed by atoms with Gasteiger partial charge in [0.1, 0.15) is 10.8 Å². The van der Waals surface area contributed by atoms with Crippen LogP contribution < -0.4 is 14.2 Å². The van der Waals surface area contributed by atoms with Crippen molar-refractivity contribution >= 4 is 17.2 Å². The van der Waals surface area contributed by atoms with E-state index < -0.39 is 0 Å². The van der Waals surface area contributed by atoms with Gasteiger partial charge in [0.25, 0.3) is 5.91 Å². The Balaban J connectivity index is 1.31. The van der Waals surface area contributed by atoms with Gasteiger partial charge in [-0.15, -0.1) is 11.3 Å². The molecule has 0 unspecified atom stereocenters. The molecular formula is C23H22N2O4S. The molecule has 3 aromatic rings. The number of hydrogen-bond acceptors (Lipinski definition) is 6. The molecule has 0 bridgehead atoms. The predicted molar refractivity (Wildman–Crippen MR) is 114 cm³/mol. The third-order valence-electron chi connectivity index (χ3n) is 5.40. The van der Waals surface area contributed by atoms with Crippen LogP contribution in [0.4, 0.5) is 0 Å². The molecule has 0 N–H and O–H groups in total. The molecule has 6 nitrogen and oxygen atoms in total. The van der Waals surface area contributed by atoms with Crippen LogP contribution in [-0.2, 0) is 4.79 Å². The maximum absolute atomic E-state index is 12.9. The molecule has 2 aromatic carbocycles. The lowest BCUT2D eigenvalue weighted by Crippen LogP contribution is -2.41. The average Bonchev–Trinajstić information content (AvgIpc) is 3.47. The summed E-state index contributed by atoms with van der Waals surface area (Å²) in [6.07, 6.45) is 3.02. The number of fused-ring (bicyclic) bond motifs is 1. The smallest absolute Gasteiger partial charge is 0.261 e. The van der Waals surface area contributed by atoms with Crippen molar-refractivity contribution in [3.05, 3.63) is 58.9 Å². The molecule has 0 spiro atoms. The Morgan fingerprint density at radius 1 is 1.13 bits per heavy atom. The normalized spacial score (nSPS) is 17.7. The Morgan fingerprint density at radius 3 is 2.90 bits per heavy atom. The summed E-state index contributed by atoms with van der Waals surface area (Å²) in [5.74, 6) is 2.22. The largest absolute Gasteiger partial charge is 0.484 e. The standard InChI is InChI=1S/C23H22N2O4S/c26-22(13-27-17-6-2-1-3-7-17)25-11-5-4-8-19(25)23-24-18(14-30-23)16-9-10-20-21(12-16)29-15-28-20/h1-3,6-7,9-10,12,14,19H,4-5,8,11,13,15H2/t19-/m1/s1. The second-order valence-corrected chi connectivity index (χ2v) is 8.23. The number of rotatable bonds is 5. The summed E-state index contributed by atoms with van der Waals surface area (Å²) in [5.41, 5.74) is 1.88. The Bertz CT molecular complexity index is 1040. The van der Waals surface area contributed by atoms with Crippen molar-refractivity contribution < 1.29 is 19.0 Å². The van der Waals surface area contributed by atoms with E-state index in [1.807, 2.05) is 58.8 Å². The van der Waals surface area contributed by atoms with Crippen LogP contribution in [0.25, 0.3) is 11.3 Å². The van der Waals surface area contributed by atoms with Crippen molar-refractivity contribution in [3.63, 3.8) is 0 Å². The van der Waals surface area contributed by atoms with Gasteiger partial charge >= 0.3 is 0 Å². The summed E-state index contributed by atoms with van der Waals surface area (Å²) in [4.78, 5) is 19.7. The molecule has 2 aliphatic rings. The van der Waals surface area contributed by atoms with Crippen molar-refractivity contribution in [2.24, 2.45) is 0 Å². The van der Waals surface area contributed by atoms with Gasteiger partial charge in [-0.25, -0.2) is 4.98 Å². The lowest BCUT2D eigenvalue weighted by Gasteiger charge is -2.34. The molecule has 1 fully saturated rings. The van der Waals surface area contributed by atoms with Gasteiger partial charge in [0.15, 0.2) is 18.1 Å². The fraction of sp³-hybridized carbons (Fsp3) is 0.304. The highest BCUT2D eigenvalue weighted by molar-refractivity contribution is 7.10. The first kappa shape index (κ1) is 18.9. The van der Waals surface area contributed by atoms with E-state index >= 15 is 0 Å². The summed E-state index contributed by atoms with van der Waals surface area (Å²) in [5, 5.41) is 3.01. The quantitative estimate of drug-likeness (QED) is 0.598. The molecule has 1 aromatic heterocycles. The number of benzene rings is 2. The highest BCUT2D eigenvalue weighted by Gasteiger charge is 2.30. The Hall–Kier alpha value is -3.06. The van der Waals surface area contributed by atoms with Crippen LogP contribution in [-0.4, -0.2) is 35.7 Å². The van der Waals surface area contributed by atoms with Gasteiger partial charge in [0.2, 0.25) is 6.79 Å². The number of nitrogens with zero attached hydrogens (tertiary/aromatic N) is 2. The molecule has 5 rings (SSSR count). The number of carbonyl (C=O) groups excluding carboxylic acids is 1. The Morgan fingerprint density at radius 2 is 2.00 bits per heavy atom. The van der Waals surface area contributed by atoms with E-state index in [1.165, 1.54) is 0 Å². The van der Waals surface area contributed by atoms with Crippen LogP contribution in [0, 0.1) is 0 Å². The lowest BCUT2D eigenvalue weighted by molar-refractivity contribution is -0.137. The number of amides is 1. The van der Waals surface area contributed by atoms with Gasteiger partial charge in [0, 0.05) is 17.5 Å². The molecule has 1 saturated heterocycles. The average molecular weight is 423 g/mol. The third kappa shape index (κ3) is 3.85. The minimum Gasteiger partial charge on any atom is -0.484 e. The number of para-hydroxylation sites is 1. The van der Waals surface area contributed by atoms with Crippen LogP contribution >= 0.6 is 11.3 Å². The minimum absolute atomic E-state index is 0.00150. The van der Waals surface area contributed by atoms with Crippen molar-refractivity contribution in [1.82, 2.24) is 9.88 Å². The summed E-state index contributed by atoms with van der Waals surface area (Å²) >= 11 is 1.60. The van der Waals surface area contributed by atoms with E-state index in [1.54, 1.807) is 11.3 Å². The molecule has 3 heterocycles. The summed E-state index contributed by atoms with van der Waals surface area (Å²) < 4.78 is 16.6. The Kier molecular flexibility index (Phi) is 5.27. The van der Waals surface area contributed by atoms with Gasteiger partial charge in [-0.3, -0.25) is 4.79 Å². The monoisotopic (exact) mass is 422 g/mol. The maximum Gasteiger partial charge on any atom is 0.261 e. The van der Waals surface area contributed by atoms with E-state index in [0.29, 0.717) is 5.75 Å². The van der Waals surface area contributed by atoms with Crippen molar-refractivity contribution in [3.8, 4) is 28.5 Å². The van der Waals surface area contributed by atoms with E-state index in [4.69, 9.17) is 19.2 Å². The number of aromatic nitrogens is 1. The maximum atomic E-state index is 12.9. The molecule has 0 radical (unpaired) electrons. The van der Waals surface area contributed by atoms with Crippen LogP contribution in [0.15, 0.2) is 53.9 Å². The number of carbonyl (C=O) groups is 1. The van der Waals surface area contributed by atoms with Crippen LogP contribution in [0.2, 0.25) is 0 Å². The third-order valence-corrected chi connectivity index (χ3v) is 6.35. The number of hydrogen-bond donors (Lipinski definition) is 0. The fourth-order valence-corrected chi connectivity index (χ4v) is 4.84. The zero-order valence-corrected chi connectivity index (χ0v) is 17.3. The van der Waals surface area contributed by atoms with Crippen LogP contribution in [0.3, 0.4) is 0 Å². The number of ether oxygens (including phenoxy) is 3. The van der Waals surface area contributed by atoms with E-state index in [-0.39, 0.29) is 25.3 Å². The minimum atomic E-state index is -0.00150. The summed E-state index contributed by atoms with van der Waals surface area (Å²) in [6.45, 7) is 1.03. The van der Waals surface area contributed by atoms with Crippen molar-refractivity contribution in [1.29, 1.82) is 0 Å². The van der Waals surface area contributed by atoms with Crippen molar-refractivity contribution in [2.45, 2.75) is 25.3 Å². The number of thiazole rings is 1. The van der Waals surface area contributed by atoms with E-state index in [2.05, 4.69) is 0 Å². The van der Waals surface area contributed by atoms with Crippen molar-refractivity contribution in [2.75, 3.05) is 19.9 Å². The molecule has 0 aliphatic carbocycles. The first-order chi connectivity index (χ1) is 14.8. The predicted octanol–water partition coefficient (Wildman–Crippen LogP) is 4.67. The van der Waals surface area contributed by atoms with Gasteiger partial charge < -0.3 is 19.1 Å². The first-order valence-electron chi connectivity index (χ1n) is 10.1. The summed E-state index contributed by atoms with van der Waals surface area (Å²) in [6, 6.07) is 15.3. The highest BCUT2D eigenvalue weighted by atomic mass is 32.1. The number of piperidine rings is 1. The molecule has 1 atom stereocenters. The molecular weight excluding hydrogens is 400 g/mol. The van der Waals surface area contributed by atoms with Crippen LogP contribution in [0.1, 0.15) is 30.3 Å². The molecule has 2 aliphatic heterocycles. The lowest BCUT2D eigenvalue weighted by atomic mass is 10.0. The molecule has 7 heteroatoms. The zero-order chi connectivity index (χ0) is 20.3. The summed E-state index contributed by atoms with van der Waals surface area (Å²) in [7, 11) is 0. The molecule has 0 saturated carbocycles. The van der Waals surface area contributed by atoms with Crippen LogP contribution in [0.5, 0.6) is 17.2 Å². The van der Waals surface area contributed by atoms with E-state index in [9.17, 15) is 4.79 Å². The van der Waals surface area contributed by atoms with E-state index in [0.717, 1.165) is 53.6 Å². The van der Waals surface area contributed by atoms with Gasteiger partial charge in [-0.05, 0) is 49.6 Å². The SMILES string of the molecule is O=C(COc1ccccc1)N1CCCC[C@@H]1c1nc(-c2ccc3c(c2)OCO3)cs1. The molecule has 154 valence electrons. The fourth-order valence-electron chi connectivity index (χ4n) is 3.86. The molecule has 30 heavy (non-hydrogen) atoms. The molecule has 1 amide bonds. The second-order valence-electron chi connectivity index (χ2n) is 7.34.